The quantitative estimate of drug-likeness (QED) is 0.703. The van der Waals surface area contributed by atoms with Gasteiger partial charge >= 0.3 is 0 Å². The Bertz CT molecular complexity index is 343. The first-order chi connectivity index (χ1) is 7.38. The van der Waals surface area contributed by atoms with E-state index in [1.807, 2.05) is 0 Å². The fourth-order valence-electron chi connectivity index (χ4n) is 2.09. The van der Waals surface area contributed by atoms with Gasteiger partial charge in [-0.3, -0.25) is 4.79 Å². The van der Waals surface area contributed by atoms with E-state index < -0.39 is 0 Å². The molecule has 80 valence electrons. The first kappa shape index (κ1) is 10.2. The Labute approximate surface area is 90.0 Å². The van der Waals surface area contributed by atoms with Gasteiger partial charge in [0, 0.05) is 5.56 Å². The van der Waals surface area contributed by atoms with Crippen LogP contribution in [0.25, 0.3) is 6.08 Å². The molecule has 0 unspecified atom stereocenters. The van der Waals surface area contributed by atoms with Crippen LogP contribution >= 0.6 is 0 Å². The first-order valence-electron chi connectivity index (χ1n) is 5.60. The highest BCUT2D eigenvalue weighted by Gasteiger charge is 2.09. The molecule has 1 saturated carbocycles. The van der Waals surface area contributed by atoms with Gasteiger partial charge in [-0.15, -0.1) is 0 Å². The number of hydrogen-bond donors (Lipinski definition) is 0. The van der Waals surface area contributed by atoms with Gasteiger partial charge in [0.1, 0.15) is 0 Å². The molecule has 0 bridgehead atoms. The Kier molecular flexibility index (Phi) is 3.38. The summed E-state index contributed by atoms with van der Waals surface area (Å²) in [6.45, 7) is 0. The summed E-state index contributed by atoms with van der Waals surface area (Å²) in [5.74, 6) is 1.12. The molecule has 1 aromatic heterocycles. The van der Waals surface area contributed by atoms with Crippen molar-refractivity contribution in [3.8, 4) is 0 Å². The van der Waals surface area contributed by atoms with Crippen LogP contribution in [0.5, 0.6) is 0 Å². The van der Waals surface area contributed by atoms with Crippen molar-refractivity contribution < 1.29 is 9.21 Å². The molecule has 2 nitrogen and oxygen atoms in total. The standard InChI is InChI=1S/C13H16O2/c14-9-13-8-12(10-15-13)7-6-11-4-2-1-3-5-11/h6-11H,1-5H2/b7-6+. The molecule has 15 heavy (non-hydrogen) atoms. The summed E-state index contributed by atoms with van der Waals surface area (Å²) in [4.78, 5) is 10.4. The Morgan fingerprint density at radius 2 is 2.07 bits per heavy atom. The van der Waals surface area contributed by atoms with Gasteiger partial charge in [-0.1, -0.05) is 31.4 Å². The number of aldehydes is 1. The topological polar surface area (TPSA) is 30.2 Å². The molecule has 1 heterocycles. The van der Waals surface area contributed by atoms with Crippen molar-refractivity contribution in [3.05, 3.63) is 29.7 Å². The van der Waals surface area contributed by atoms with Gasteiger partial charge in [-0.2, -0.15) is 0 Å². The van der Waals surface area contributed by atoms with Gasteiger partial charge < -0.3 is 4.42 Å². The smallest absolute Gasteiger partial charge is 0.185 e. The van der Waals surface area contributed by atoms with Crippen LogP contribution in [0.1, 0.15) is 48.2 Å². The maximum Gasteiger partial charge on any atom is 0.185 e. The molecule has 1 fully saturated rings. The highest BCUT2D eigenvalue weighted by atomic mass is 16.3. The second-order valence-corrected chi connectivity index (χ2v) is 4.16. The zero-order chi connectivity index (χ0) is 10.5. The number of hydrogen-bond acceptors (Lipinski definition) is 2. The van der Waals surface area contributed by atoms with Gasteiger partial charge in [-0.25, -0.2) is 0 Å². The zero-order valence-corrected chi connectivity index (χ0v) is 8.82. The zero-order valence-electron chi connectivity index (χ0n) is 8.82. The van der Waals surface area contributed by atoms with E-state index >= 15 is 0 Å². The summed E-state index contributed by atoms with van der Waals surface area (Å²) < 4.78 is 5.03. The Morgan fingerprint density at radius 1 is 1.27 bits per heavy atom. The molecule has 1 aliphatic rings. The van der Waals surface area contributed by atoms with Gasteiger partial charge in [0.25, 0.3) is 0 Å². The fourth-order valence-corrected chi connectivity index (χ4v) is 2.09. The van der Waals surface area contributed by atoms with Crippen LogP contribution in [0.4, 0.5) is 0 Å². The summed E-state index contributed by atoms with van der Waals surface area (Å²) in [6.07, 6.45) is 13.3. The SMILES string of the molecule is O=Cc1cc(/C=C/C2CCCCC2)co1. The van der Waals surface area contributed by atoms with E-state index in [4.69, 9.17) is 4.42 Å². The number of furan rings is 1. The lowest BCUT2D eigenvalue weighted by Crippen LogP contribution is -2.02. The number of carbonyl (C=O) groups is 1. The third-order valence-corrected chi connectivity index (χ3v) is 2.97. The summed E-state index contributed by atoms with van der Waals surface area (Å²) in [6, 6.07) is 1.77. The first-order valence-corrected chi connectivity index (χ1v) is 5.60. The van der Waals surface area contributed by atoms with Crippen LogP contribution in [0.3, 0.4) is 0 Å². The molecular formula is C13H16O2. The van der Waals surface area contributed by atoms with Crippen LogP contribution in [-0.2, 0) is 0 Å². The fraction of sp³-hybridized carbons (Fsp3) is 0.462. The van der Waals surface area contributed by atoms with Crippen molar-refractivity contribution in [3.63, 3.8) is 0 Å². The molecular weight excluding hydrogens is 188 g/mol. The average molecular weight is 204 g/mol. The van der Waals surface area contributed by atoms with Crippen molar-refractivity contribution in [1.29, 1.82) is 0 Å². The minimum absolute atomic E-state index is 0.401. The molecule has 0 atom stereocenters. The van der Waals surface area contributed by atoms with Crippen molar-refractivity contribution in [2.24, 2.45) is 5.92 Å². The second kappa shape index (κ2) is 4.96. The Hall–Kier alpha value is -1.31. The monoisotopic (exact) mass is 204 g/mol. The van der Waals surface area contributed by atoms with Gasteiger partial charge in [-0.05, 0) is 24.8 Å². The molecule has 0 aliphatic heterocycles. The second-order valence-electron chi connectivity index (χ2n) is 4.16. The van der Waals surface area contributed by atoms with E-state index in [1.54, 1.807) is 12.3 Å². The third-order valence-electron chi connectivity index (χ3n) is 2.97. The maximum atomic E-state index is 10.4. The van der Waals surface area contributed by atoms with E-state index in [1.165, 1.54) is 32.1 Å². The molecule has 0 radical (unpaired) electrons. The predicted octanol–water partition coefficient (Wildman–Crippen LogP) is 3.69. The Balaban J connectivity index is 1.94. The van der Waals surface area contributed by atoms with Crippen molar-refractivity contribution in [2.75, 3.05) is 0 Å². The lowest BCUT2D eigenvalue weighted by Gasteiger charge is -2.17. The minimum atomic E-state index is 0.401. The van der Waals surface area contributed by atoms with Gasteiger partial charge in [0.2, 0.25) is 0 Å². The molecule has 0 N–H and O–H groups in total. The molecule has 0 amide bonds. The average Bonchev–Trinajstić information content (AvgIpc) is 2.76. The minimum Gasteiger partial charge on any atom is -0.461 e. The van der Waals surface area contributed by atoms with E-state index in [0.717, 1.165) is 11.8 Å². The van der Waals surface area contributed by atoms with Crippen molar-refractivity contribution in [2.45, 2.75) is 32.1 Å². The van der Waals surface area contributed by atoms with Crippen LogP contribution in [-0.4, -0.2) is 6.29 Å². The predicted molar refractivity (Wildman–Crippen MR) is 59.7 cm³/mol. The molecule has 1 aromatic rings. The normalized spacial score (nSPS) is 18.4. The molecule has 1 aliphatic carbocycles. The van der Waals surface area contributed by atoms with E-state index in [2.05, 4.69) is 12.2 Å². The van der Waals surface area contributed by atoms with Crippen molar-refractivity contribution >= 4 is 12.4 Å². The van der Waals surface area contributed by atoms with Crippen LogP contribution in [0, 0.1) is 5.92 Å². The summed E-state index contributed by atoms with van der Waals surface area (Å²) >= 11 is 0. The summed E-state index contributed by atoms with van der Waals surface area (Å²) in [5.41, 5.74) is 0.989. The van der Waals surface area contributed by atoms with Crippen LogP contribution < -0.4 is 0 Å². The molecule has 2 heteroatoms. The summed E-state index contributed by atoms with van der Waals surface area (Å²) in [5, 5.41) is 0. The highest BCUT2D eigenvalue weighted by Crippen LogP contribution is 2.25. The largest absolute Gasteiger partial charge is 0.461 e. The highest BCUT2D eigenvalue weighted by molar-refractivity contribution is 5.72. The Morgan fingerprint density at radius 3 is 2.73 bits per heavy atom. The van der Waals surface area contributed by atoms with E-state index in [9.17, 15) is 4.79 Å². The molecule has 0 spiro atoms. The van der Waals surface area contributed by atoms with Gasteiger partial charge in [0.05, 0.1) is 6.26 Å². The number of allylic oxidation sites excluding steroid dienone is 1. The number of carbonyl (C=O) groups excluding carboxylic acids is 1. The molecule has 0 saturated heterocycles. The number of rotatable bonds is 3. The molecule has 0 aromatic carbocycles. The van der Waals surface area contributed by atoms with Crippen molar-refractivity contribution in [1.82, 2.24) is 0 Å². The van der Waals surface area contributed by atoms with E-state index in [-0.39, 0.29) is 0 Å². The lowest BCUT2D eigenvalue weighted by molar-refractivity contribution is 0.110. The van der Waals surface area contributed by atoms with Crippen LogP contribution in [0.15, 0.2) is 22.8 Å². The molecule has 2 rings (SSSR count). The van der Waals surface area contributed by atoms with Crippen LogP contribution in [0.2, 0.25) is 0 Å². The summed E-state index contributed by atoms with van der Waals surface area (Å²) in [7, 11) is 0. The van der Waals surface area contributed by atoms with Gasteiger partial charge in [0.15, 0.2) is 12.0 Å². The van der Waals surface area contributed by atoms with E-state index in [0.29, 0.717) is 11.7 Å². The maximum absolute atomic E-state index is 10.4. The third kappa shape index (κ3) is 2.82. The lowest BCUT2D eigenvalue weighted by atomic mass is 9.89.